The minimum Gasteiger partial charge on any atom is -0.311 e. The first-order chi connectivity index (χ1) is 36.2. The predicted octanol–water partition coefficient (Wildman–Crippen LogP) is 15.8. The Morgan fingerprint density at radius 1 is 0.274 bits per heavy atom. The Morgan fingerprint density at radius 3 is 1.41 bits per heavy atom. The average Bonchev–Trinajstić information content (AvgIpc) is 3.82. The van der Waals surface area contributed by atoms with Crippen LogP contribution in [0.15, 0.2) is 303 Å². The van der Waals surface area contributed by atoms with E-state index in [1.165, 1.54) is 86.7 Å². The molecule has 13 aromatic rings. The van der Waals surface area contributed by atoms with Gasteiger partial charge in [0.05, 0.1) is 11.0 Å². The van der Waals surface area contributed by atoms with Gasteiger partial charge in [-0.25, -0.2) is 0 Å². The van der Waals surface area contributed by atoms with Crippen LogP contribution in [0, 0.1) is 0 Å². The molecule has 3 heteroatoms. The van der Waals surface area contributed by atoms with Crippen molar-refractivity contribution in [3.63, 3.8) is 0 Å². The van der Waals surface area contributed by atoms with E-state index in [1.54, 1.807) is 0 Å². The fourth-order valence-corrected chi connectivity index (χ4v) is 16.1. The molecule has 0 amide bonds. The van der Waals surface area contributed by atoms with Gasteiger partial charge in [-0.15, -0.1) is 0 Å². The second-order valence-electron chi connectivity index (χ2n) is 18.9. The van der Waals surface area contributed by atoms with Gasteiger partial charge < -0.3 is 9.47 Å². The van der Waals surface area contributed by atoms with Gasteiger partial charge in [0.15, 0.2) is 8.07 Å². The zero-order valence-corrected chi connectivity index (χ0v) is 41.3. The SMILES string of the molecule is c1ccc(-n2c3ccccc3c3c(-c4ccc(N(c5ccc(-c6cccc(-c7ccc8ccccc8c7)c6)cc5)c5cccc([Si](c6ccccc6)(c6ccccc6)c6ccccc6)c5)cc4)cccc32)cc1. The van der Waals surface area contributed by atoms with Crippen molar-refractivity contribution in [2.75, 3.05) is 4.90 Å². The highest BCUT2D eigenvalue weighted by Crippen LogP contribution is 2.41. The number of aromatic nitrogens is 1. The lowest BCUT2D eigenvalue weighted by Gasteiger charge is -2.35. The first kappa shape index (κ1) is 43.7. The third-order valence-corrected chi connectivity index (χ3v) is 19.5. The van der Waals surface area contributed by atoms with Crippen LogP contribution >= 0.6 is 0 Å². The molecule has 0 fully saturated rings. The molecule has 0 atom stereocenters. The van der Waals surface area contributed by atoms with Gasteiger partial charge in [0, 0.05) is 33.5 Å². The molecule has 1 heterocycles. The maximum absolute atomic E-state index is 2.83. The predicted molar refractivity (Wildman–Crippen MR) is 313 cm³/mol. The molecule has 0 spiro atoms. The summed E-state index contributed by atoms with van der Waals surface area (Å²) in [5.41, 5.74) is 14.0. The summed E-state index contributed by atoms with van der Waals surface area (Å²) in [6.07, 6.45) is 0. The molecule has 13 rings (SSSR count). The number of hydrogen-bond donors (Lipinski definition) is 0. The van der Waals surface area contributed by atoms with E-state index in [4.69, 9.17) is 0 Å². The van der Waals surface area contributed by atoms with Gasteiger partial charge in [0.2, 0.25) is 0 Å². The molecular weight excluding hydrogens is 897 g/mol. The number of nitrogens with zero attached hydrogens (tertiary/aromatic N) is 2. The molecule has 0 aliphatic carbocycles. The van der Waals surface area contributed by atoms with Crippen LogP contribution in [0.1, 0.15) is 0 Å². The second-order valence-corrected chi connectivity index (χ2v) is 22.7. The molecule has 0 saturated heterocycles. The molecule has 12 aromatic carbocycles. The van der Waals surface area contributed by atoms with Crippen molar-refractivity contribution < 1.29 is 0 Å². The van der Waals surface area contributed by atoms with Crippen LogP contribution in [0.2, 0.25) is 0 Å². The van der Waals surface area contributed by atoms with E-state index in [0.717, 1.165) is 22.7 Å². The molecule has 344 valence electrons. The van der Waals surface area contributed by atoms with E-state index in [-0.39, 0.29) is 0 Å². The van der Waals surface area contributed by atoms with E-state index in [0.29, 0.717) is 0 Å². The highest BCUT2D eigenvalue weighted by molar-refractivity contribution is 7.19. The average molecular weight is 947 g/mol. The molecule has 73 heavy (non-hydrogen) atoms. The summed E-state index contributed by atoms with van der Waals surface area (Å²) in [5.74, 6) is 0. The van der Waals surface area contributed by atoms with Crippen LogP contribution in [-0.4, -0.2) is 12.6 Å². The Morgan fingerprint density at radius 2 is 0.753 bits per heavy atom. The summed E-state index contributed by atoms with van der Waals surface area (Å²) >= 11 is 0. The van der Waals surface area contributed by atoms with E-state index in [1.807, 2.05) is 0 Å². The third kappa shape index (κ3) is 7.84. The summed E-state index contributed by atoms with van der Waals surface area (Å²) in [5, 5.41) is 10.3. The fraction of sp³-hybridized carbons (Fsp3) is 0. The highest BCUT2D eigenvalue weighted by atomic mass is 28.3. The smallest absolute Gasteiger partial charge is 0.179 e. The minimum atomic E-state index is -2.83. The van der Waals surface area contributed by atoms with E-state index in [9.17, 15) is 0 Å². The van der Waals surface area contributed by atoms with Crippen LogP contribution in [0.3, 0.4) is 0 Å². The largest absolute Gasteiger partial charge is 0.311 e. The van der Waals surface area contributed by atoms with Crippen LogP contribution in [0.4, 0.5) is 17.1 Å². The van der Waals surface area contributed by atoms with Gasteiger partial charge in [-0.1, -0.05) is 231 Å². The molecule has 2 nitrogen and oxygen atoms in total. The molecule has 0 unspecified atom stereocenters. The van der Waals surface area contributed by atoms with Gasteiger partial charge in [-0.3, -0.25) is 0 Å². The van der Waals surface area contributed by atoms with Crippen molar-refractivity contribution in [2.45, 2.75) is 0 Å². The topological polar surface area (TPSA) is 8.17 Å². The number of benzene rings is 12. The van der Waals surface area contributed by atoms with Gasteiger partial charge in [0.25, 0.3) is 0 Å². The lowest BCUT2D eigenvalue weighted by atomic mass is 9.97. The number of rotatable bonds is 11. The fourth-order valence-electron chi connectivity index (χ4n) is 11.3. The molecule has 0 saturated carbocycles. The first-order valence-electron chi connectivity index (χ1n) is 25.2. The van der Waals surface area contributed by atoms with E-state index in [2.05, 4.69) is 313 Å². The number of para-hydroxylation sites is 2. The Kier molecular flexibility index (Phi) is 11.3. The van der Waals surface area contributed by atoms with Crippen molar-refractivity contribution in [2.24, 2.45) is 0 Å². The van der Waals surface area contributed by atoms with Crippen molar-refractivity contribution in [1.29, 1.82) is 0 Å². The van der Waals surface area contributed by atoms with Crippen molar-refractivity contribution in [3.8, 4) is 39.1 Å². The highest BCUT2D eigenvalue weighted by Gasteiger charge is 2.41. The van der Waals surface area contributed by atoms with Crippen molar-refractivity contribution >= 4 is 78.5 Å². The number of hydrogen-bond acceptors (Lipinski definition) is 1. The van der Waals surface area contributed by atoms with Crippen LogP contribution in [-0.2, 0) is 0 Å². The Bertz CT molecular complexity index is 3960. The summed E-state index contributed by atoms with van der Waals surface area (Å²) in [7, 11) is -2.83. The first-order valence-corrected chi connectivity index (χ1v) is 27.2. The van der Waals surface area contributed by atoms with Crippen LogP contribution in [0.5, 0.6) is 0 Å². The molecular formula is C70H50N2Si. The Balaban J connectivity index is 0.957. The summed E-state index contributed by atoms with van der Waals surface area (Å²) in [4.78, 5) is 2.44. The lowest BCUT2D eigenvalue weighted by Crippen LogP contribution is -2.74. The standard InChI is InChI=1S/C70H50N2Si/c1-5-24-58(25-6-1)72-68-36-16-15-34-67(68)70-66(35-19-37-69(70)72)53-42-46-60(47-43-53)71(59-44-40-52(41-45-59)55-22-17-23-56(48-55)57-39-38-51-20-13-14-21-54(51)49-57)61-26-18-33-65(50-61)73(62-27-7-2-8-28-62,63-29-9-3-10-30-63)64-31-11-4-12-32-64/h1-50H. The van der Waals surface area contributed by atoms with Gasteiger partial charge >= 0.3 is 0 Å². The molecule has 1 aromatic heterocycles. The quantitative estimate of drug-likeness (QED) is 0.0926. The maximum Gasteiger partial charge on any atom is 0.179 e. The Labute approximate surface area is 428 Å². The Hall–Kier alpha value is -9.28. The van der Waals surface area contributed by atoms with Crippen LogP contribution < -0.4 is 25.6 Å². The second kappa shape index (κ2) is 18.8. The third-order valence-electron chi connectivity index (χ3n) is 14.7. The van der Waals surface area contributed by atoms with Crippen molar-refractivity contribution in [3.05, 3.63) is 303 Å². The maximum atomic E-state index is 2.47. The summed E-state index contributed by atoms with van der Waals surface area (Å²) < 4.78 is 2.39. The number of anilines is 3. The zero-order valence-electron chi connectivity index (χ0n) is 40.3. The monoisotopic (exact) mass is 946 g/mol. The van der Waals surface area contributed by atoms with Crippen LogP contribution in [0.25, 0.3) is 71.6 Å². The zero-order chi connectivity index (χ0) is 48.6. The van der Waals surface area contributed by atoms with Gasteiger partial charge in [0.1, 0.15) is 0 Å². The summed E-state index contributed by atoms with van der Waals surface area (Å²) in [6, 6.07) is 112. The molecule has 0 N–H and O–H groups in total. The summed E-state index contributed by atoms with van der Waals surface area (Å²) in [6.45, 7) is 0. The molecule has 0 bridgehead atoms. The lowest BCUT2D eigenvalue weighted by molar-refractivity contribution is 1.18. The molecule has 0 aliphatic heterocycles. The van der Waals surface area contributed by atoms with E-state index < -0.39 is 8.07 Å². The number of fused-ring (bicyclic) bond motifs is 4. The van der Waals surface area contributed by atoms with Gasteiger partial charge in [-0.2, -0.15) is 0 Å². The van der Waals surface area contributed by atoms with E-state index >= 15 is 0 Å². The van der Waals surface area contributed by atoms with Gasteiger partial charge in [-0.05, 0) is 138 Å². The molecule has 0 radical (unpaired) electrons. The normalized spacial score (nSPS) is 11.6. The van der Waals surface area contributed by atoms with Crippen molar-refractivity contribution in [1.82, 2.24) is 4.57 Å². The molecule has 0 aliphatic rings. The minimum absolute atomic E-state index is 1.08.